The van der Waals surface area contributed by atoms with Crippen molar-refractivity contribution in [2.45, 2.75) is 40.2 Å². The summed E-state index contributed by atoms with van der Waals surface area (Å²) in [5, 5.41) is 15.4. The van der Waals surface area contributed by atoms with E-state index < -0.39 is 12.0 Å². The van der Waals surface area contributed by atoms with Crippen molar-refractivity contribution in [3.05, 3.63) is 17.0 Å². The van der Waals surface area contributed by atoms with E-state index in [1.54, 1.807) is 13.8 Å². The van der Waals surface area contributed by atoms with Crippen LogP contribution >= 0.6 is 0 Å². The van der Waals surface area contributed by atoms with Gasteiger partial charge in [-0.2, -0.15) is 0 Å². The van der Waals surface area contributed by atoms with Crippen LogP contribution in [0.3, 0.4) is 0 Å². The Morgan fingerprint density at radius 2 is 2.10 bits per heavy atom. The summed E-state index contributed by atoms with van der Waals surface area (Å²) in [6, 6.07) is -0.691. The molecule has 0 aliphatic carbocycles. The Kier molecular flexibility index (Phi) is 5.54. The Hall–Kier alpha value is -2.05. The predicted molar refractivity (Wildman–Crippen MR) is 72.4 cm³/mol. The predicted octanol–water partition coefficient (Wildman–Crippen LogP) is 1.86. The standard InChI is InChI=1S/C13H21N3O4/c1-5-6-16(7-11(17)18)13(19)14-8(2)12-9(3)15-20-10(12)4/h8H,5-7H2,1-4H3,(H,14,19)(H,17,18). The molecule has 112 valence electrons. The molecule has 0 aliphatic heterocycles. The normalized spacial score (nSPS) is 12.0. The first-order chi connectivity index (χ1) is 9.36. The minimum atomic E-state index is -1.03. The number of nitrogens with one attached hydrogen (secondary N) is 1. The fraction of sp³-hybridized carbons (Fsp3) is 0.615. The number of rotatable bonds is 6. The van der Waals surface area contributed by atoms with E-state index in [0.717, 1.165) is 11.3 Å². The summed E-state index contributed by atoms with van der Waals surface area (Å²) >= 11 is 0. The van der Waals surface area contributed by atoms with Gasteiger partial charge in [0.25, 0.3) is 0 Å². The molecule has 1 aromatic rings. The molecule has 7 heteroatoms. The van der Waals surface area contributed by atoms with Crippen molar-refractivity contribution in [1.29, 1.82) is 0 Å². The third-order valence-corrected chi connectivity index (χ3v) is 2.97. The second kappa shape index (κ2) is 6.93. The van der Waals surface area contributed by atoms with Crippen LogP contribution in [0.15, 0.2) is 4.52 Å². The number of nitrogens with zero attached hydrogens (tertiary/aromatic N) is 2. The van der Waals surface area contributed by atoms with Crippen LogP contribution in [0.2, 0.25) is 0 Å². The topological polar surface area (TPSA) is 95.7 Å². The van der Waals surface area contributed by atoms with Crippen molar-refractivity contribution >= 4 is 12.0 Å². The van der Waals surface area contributed by atoms with E-state index >= 15 is 0 Å². The fourth-order valence-electron chi connectivity index (χ4n) is 2.14. The second-order valence-electron chi connectivity index (χ2n) is 4.72. The molecule has 1 unspecified atom stereocenters. The molecule has 2 N–H and O–H groups in total. The summed E-state index contributed by atoms with van der Waals surface area (Å²) < 4.78 is 5.06. The van der Waals surface area contributed by atoms with Crippen LogP contribution in [0.4, 0.5) is 4.79 Å². The lowest BCUT2D eigenvalue weighted by atomic mass is 10.1. The quantitative estimate of drug-likeness (QED) is 0.830. The van der Waals surface area contributed by atoms with E-state index in [4.69, 9.17) is 9.63 Å². The van der Waals surface area contributed by atoms with Crippen molar-refractivity contribution in [3.8, 4) is 0 Å². The maximum Gasteiger partial charge on any atom is 0.323 e. The van der Waals surface area contributed by atoms with Crippen LogP contribution in [0, 0.1) is 13.8 Å². The van der Waals surface area contributed by atoms with Gasteiger partial charge in [-0.05, 0) is 27.2 Å². The van der Waals surface area contributed by atoms with Crippen LogP contribution < -0.4 is 5.32 Å². The molecule has 1 rings (SSSR count). The van der Waals surface area contributed by atoms with Crippen LogP contribution in [-0.4, -0.2) is 40.3 Å². The van der Waals surface area contributed by atoms with Gasteiger partial charge in [0.15, 0.2) is 0 Å². The van der Waals surface area contributed by atoms with Crippen molar-refractivity contribution in [2.75, 3.05) is 13.1 Å². The fourth-order valence-corrected chi connectivity index (χ4v) is 2.14. The molecule has 20 heavy (non-hydrogen) atoms. The second-order valence-corrected chi connectivity index (χ2v) is 4.72. The molecule has 7 nitrogen and oxygen atoms in total. The molecule has 2 amide bonds. The summed E-state index contributed by atoms with van der Waals surface area (Å²) in [6.07, 6.45) is 0.695. The number of carboxylic acids is 1. The Morgan fingerprint density at radius 1 is 1.45 bits per heavy atom. The first kappa shape index (κ1) is 16.0. The SMILES string of the molecule is CCCN(CC(=O)O)C(=O)NC(C)c1c(C)noc1C. The summed E-state index contributed by atoms with van der Waals surface area (Å²) in [5.41, 5.74) is 1.54. The van der Waals surface area contributed by atoms with Crippen molar-refractivity contribution in [1.82, 2.24) is 15.4 Å². The zero-order valence-corrected chi connectivity index (χ0v) is 12.3. The van der Waals surface area contributed by atoms with E-state index in [1.807, 2.05) is 13.8 Å². The molecule has 0 saturated carbocycles. The Labute approximate surface area is 117 Å². The molecule has 0 saturated heterocycles. The van der Waals surface area contributed by atoms with E-state index in [9.17, 15) is 9.59 Å². The highest BCUT2D eigenvalue weighted by Gasteiger charge is 2.22. The molecular formula is C13H21N3O4. The number of aromatic nitrogens is 1. The van der Waals surface area contributed by atoms with Gasteiger partial charge in [-0.3, -0.25) is 4.79 Å². The minimum Gasteiger partial charge on any atom is -0.480 e. The molecule has 0 radical (unpaired) electrons. The number of hydrogen-bond donors (Lipinski definition) is 2. The summed E-state index contributed by atoms with van der Waals surface area (Å²) in [7, 11) is 0. The molecule has 0 spiro atoms. The van der Waals surface area contributed by atoms with Crippen molar-refractivity contribution in [2.24, 2.45) is 0 Å². The van der Waals surface area contributed by atoms with Crippen molar-refractivity contribution in [3.63, 3.8) is 0 Å². The van der Waals surface area contributed by atoms with Crippen LogP contribution in [0.5, 0.6) is 0 Å². The highest BCUT2D eigenvalue weighted by molar-refractivity contribution is 5.80. The first-order valence-corrected chi connectivity index (χ1v) is 6.56. The Morgan fingerprint density at radius 3 is 2.55 bits per heavy atom. The van der Waals surface area contributed by atoms with Gasteiger partial charge < -0.3 is 19.8 Å². The molecule has 1 atom stereocenters. The molecule has 0 aromatic carbocycles. The van der Waals surface area contributed by atoms with Gasteiger partial charge in [0.2, 0.25) is 0 Å². The number of carbonyl (C=O) groups excluding carboxylic acids is 1. The highest BCUT2D eigenvalue weighted by atomic mass is 16.5. The van der Waals surface area contributed by atoms with E-state index in [-0.39, 0.29) is 12.6 Å². The smallest absolute Gasteiger partial charge is 0.323 e. The largest absolute Gasteiger partial charge is 0.480 e. The van der Waals surface area contributed by atoms with Crippen LogP contribution in [-0.2, 0) is 4.79 Å². The minimum absolute atomic E-state index is 0.290. The van der Waals surface area contributed by atoms with E-state index in [1.165, 1.54) is 4.90 Å². The number of hydrogen-bond acceptors (Lipinski definition) is 4. The molecular weight excluding hydrogens is 262 g/mol. The highest BCUT2D eigenvalue weighted by Crippen LogP contribution is 2.20. The Bertz CT molecular complexity index is 464. The number of urea groups is 1. The number of amides is 2. The maximum atomic E-state index is 12.1. The summed E-state index contributed by atoms with van der Waals surface area (Å²) in [6.45, 7) is 7.37. The molecule has 0 fully saturated rings. The van der Waals surface area contributed by atoms with E-state index in [2.05, 4.69) is 10.5 Å². The first-order valence-electron chi connectivity index (χ1n) is 6.56. The average molecular weight is 283 g/mol. The number of carboxylic acid groups (broad SMARTS) is 1. The summed E-state index contributed by atoms with van der Waals surface area (Å²) in [4.78, 5) is 24.1. The molecule has 1 aromatic heterocycles. The summed E-state index contributed by atoms with van der Waals surface area (Å²) in [5.74, 6) is -0.380. The van der Waals surface area contributed by atoms with Gasteiger partial charge in [0, 0.05) is 12.1 Å². The van der Waals surface area contributed by atoms with Gasteiger partial charge in [0.05, 0.1) is 11.7 Å². The van der Waals surface area contributed by atoms with Gasteiger partial charge in [-0.25, -0.2) is 4.79 Å². The zero-order chi connectivity index (χ0) is 15.3. The van der Waals surface area contributed by atoms with Crippen molar-refractivity contribution < 1.29 is 19.2 Å². The molecule has 0 bridgehead atoms. The lowest BCUT2D eigenvalue weighted by molar-refractivity contribution is -0.137. The van der Waals surface area contributed by atoms with Crippen LogP contribution in [0.25, 0.3) is 0 Å². The van der Waals surface area contributed by atoms with Gasteiger partial charge >= 0.3 is 12.0 Å². The third-order valence-electron chi connectivity index (χ3n) is 2.97. The van der Waals surface area contributed by atoms with Gasteiger partial charge in [-0.15, -0.1) is 0 Å². The molecule has 0 aliphatic rings. The monoisotopic (exact) mass is 283 g/mol. The van der Waals surface area contributed by atoms with Crippen LogP contribution in [0.1, 0.15) is 43.3 Å². The maximum absolute atomic E-state index is 12.1. The zero-order valence-electron chi connectivity index (χ0n) is 12.3. The van der Waals surface area contributed by atoms with Gasteiger partial charge in [0.1, 0.15) is 12.3 Å². The number of carbonyl (C=O) groups is 2. The van der Waals surface area contributed by atoms with Gasteiger partial charge in [-0.1, -0.05) is 12.1 Å². The number of aryl methyl sites for hydroxylation is 2. The molecule has 1 heterocycles. The lowest BCUT2D eigenvalue weighted by Crippen LogP contribution is -2.44. The van der Waals surface area contributed by atoms with E-state index in [0.29, 0.717) is 18.7 Å². The number of aliphatic carboxylic acids is 1. The average Bonchev–Trinajstić information content (AvgIpc) is 2.67. The third kappa shape index (κ3) is 3.97. The Balaban J connectivity index is 2.74. The lowest BCUT2D eigenvalue weighted by Gasteiger charge is -2.23.